The molecule has 0 bridgehead atoms. The van der Waals surface area contributed by atoms with Gasteiger partial charge in [0.2, 0.25) is 5.91 Å². The van der Waals surface area contributed by atoms with Crippen molar-refractivity contribution >= 4 is 22.8 Å². The molecule has 0 radical (unpaired) electrons. The van der Waals surface area contributed by atoms with Gasteiger partial charge >= 0.3 is 5.97 Å². The third-order valence-electron chi connectivity index (χ3n) is 5.41. The largest absolute Gasteiger partial charge is 0.481 e. The van der Waals surface area contributed by atoms with Gasteiger partial charge in [0, 0.05) is 24.7 Å². The van der Waals surface area contributed by atoms with Gasteiger partial charge in [-0.3, -0.25) is 14.3 Å². The van der Waals surface area contributed by atoms with Gasteiger partial charge in [0.15, 0.2) is 0 Å². The SMILES string of the molecule is O=C(Cn1cc2ccccc2n1)N1C[C@@H]2CCC[C@@]2(C(=O)O)C1. The summed E-state index contributed by atoms with van der Waals surface area (Å²) in [6.45, 7) is 1.07. The fourth-order valence-corrected chi connectivity index (χ4v) is 4.16. The van der Waals surface area contributed by atoms with Crippen LogP contribution in [0.15, 0.2) is 30.5 Å². The first-order valence-corrected chi connectivity index (χ1v) is 8.02. The summed E-state index contributed by atoms with van der Waals surface area (Å²) < 4.78 is 1.65. The van der Waals surface area contributed by atoms with Crippen LogP contribution in [0.25, 0.3) is 10.9 Å². The number of carbonyl (C=O) groups is 2. The van der Waals surface area contributed by atoms with E-state index in [1.165, 1.54) is 0 Å². The lowest BCUT2D eigenvalue weighted by Gasteiger charge is -2.23. The normalized spacial score (nSPS) is 26.6. The first-order valence-electron chi connectivity index (χ1n) is 8.02. The maximum absolute atomic E-state index is 12.6. The molecule has 1 saturated carbocycles. The smallest absolute Gasteiger partial charge is 0.311 e. The molecule has 2 fully saturated rings. The molecule has 1 aliphatic carbocycles. The van der Waals surface area contributed by atoms with Crippen molar-refractivity contribution in [3.8, 4) is 0 Å². The Morgan fingerprint density at radius 1 is 1.35 bits per heavy atom. The Balaban J connectivity index is 1.51. The zero-order chi connectivity index (χ0) is 16.0. The predicted molar refractivity (Wildman–Crippen MR) is 83.7 cm³/mol. The Hall–Kier alpha value is -2.37. The van der Waals surface area contributed by atoms with E-state index in [-0.39, 0.29) is 18.4 Å². The van der Waals surface area contributed by atoms with Crippen LogP contribution in [0.1, 0.15) is 19.3 Å². The Morgan fingerprint density at radius 3 is 2.91 bits per heavy atom. The van der Waals surface area contributed by atoms with Crippen LogP contribution in [0, 0.1) is 11.3 Å². The molecule has 0 spiro atoms. The standard InChI is InChI=1S/C17H19N3O3/c21-15(10-20-8-12-4-1-2-6-14(12)18-20)19-9-13-5-3-7-17(13,11-19)16(22)23/h1-2,4,6,8,13H,3,5,7,9-11H2,(H,22,23)/t13-,17+/m0/s1. The number of carboxylic acid groups (broad SMARTS) is 1. The molecule has 2 heterocycles. The molecule has 2 aromatic rings. The van der Waals surface area contributed by atoms with E-state index in [9.17, 15) is 14.7 Å². The number of likely N-dealkylation sites (tertiary alicyclic amines) is 1. The average Bonchev–Trinajstić information content (AvgIpc) is 3.18. The summed E-state index contributed by atoms with van der Waals surface area (Å²) in [7, 11) is 0. The maximum atomic E-state index is 12.6. The van der Waals surface area contributed by atoms with Gasteiger partial charge in [-0.15, -0.1) is 0 Å². The van der Waals surface area contributed by atoms with Crippen molar-refractivity contribution in [1.82, 2.24) is 14.7 Å². The summed E-state index contributed by atoms with van der Waals surface area (Å²) in [6, 6.07) is 7.73. The van der Waals surface area contributed by atoms with Gasteiger partial charge in [0.05, 0.1) is 10.9 Å². The highest BCUT2D eigenvalue weighted by atomic mass is 16.4. The molecule has 1 amide bonds. The van der Waals surface area contributed by atoms with Crippen molar-refractivity contribution in [2.45, 2.75) is 25.8 Å². The molecule has 120 valence electrons. The van der Waals surface area contributed by atoms with E-state index in [1.54, 1.807) is 9.58 Å². The molecule has 1 N–H and O–H groups in total. The van der Waals surface area contributed by atoms with Crippen molar-refractivity contribution in [1.29, 1.82) is 0 Å². The van der Waals surface area contributed by atoms with Gasteiger partial charge in [-0.1, -0.05) is 24.6 Å². The molecule has 6 nitrogen and oxygen atoms in total. The van der Waals surface area contributed by atoms with Gasteiger partial charge < -0.3 is 10.0 Å². The van der Waals surface area contributed by atoms with Crippen molar-refractivity contribution in [3.05, 3.63) is 30.5 Å². The van der Waals surface area contributed by atoms with E-state index in [4.69, 9.17) is 0 Å². The van der Waals surface area contributed by atoms with Crippen LogP contribution >= 0.6 is 0 Å². The van der Waals surface area contributed by atoms with Crippen LogP contribution in [0.3, 0.4) is 0 Å². The van der Waals surface area contributed by atoms with Crippen molar-refractivity contribution in [2.24, 2.45) is 11.3 Å². The molecule has 1 saturated heterocycles. The van der Waals surface area contributed by atoms with Crippen molar-refractivity contribution in [2.75, 3.05) is 13.1 Å². The third-order valence-corrected chi connectivity index (χ3v) is 5.41. The van der Waals surface area contributed by atoms with Gasteiger partial charge in [-0.05, 0) is 24.8 Å². The average molecular weight is 313 g/mol. The topological polar surface area (TPSA) is 75.4 Å². The fraction of sp³-hybridized carbons (Fsp3) is 0.471. The second kappa shape index (κ2) is 5.08. The lowest BCUT2D eigenvalue weighted by atomic mass is 9.81. The number of nitrogens with zero attached hydrogens (tertiary/aromatic N) is 3. The molecule has 4 rings (SSSR count). The number of rotatable bonds is 3. The summed E-state index contributed by atoms with van der Waals surface area (Å²) in [5.41, 5.74) is 0.144. The summed E-state index contributed by atoms with van der Waals surface area (Å²) in [6.07, 6.45) is 4.39. The highest BCUT2D eigenvalue weighted by Gasteiger charge is 2.55. The number of carbonyl (C=O) groups excluding carboxylic acids is 1. The summed E-state index contributed by atoms with van der Waals surface area (Å²) in [5.74, 6) is -0.700. The zero-order valence-electron chi connectivity index (χ0n) is 12.8. The van der Waals surface area contributed by atoms with Crippen molar-refractivity contribution in [3.63, 3.8) is 0 Å². The highest BCUT2D eigenvalue weighted by molar-refractivity contribution is 5.82. The third kappa shape index (κ3) is 2.20. The van der Waals surface area contributed by atoms with Gasteiger partial charge in [0.25, 0.3) is 0 Å². The van der Waals surface area contributed by atoms with Crippen molar-refractivity contribution < 1.29 is 14.7 Å². The molecule has 0 unspecified atom stereocenters. The molecular formula is C17H19N3O3. The number of aliphatic carboxylic acids is 1. The molecule has 6 heteroatoms. The van der Waals surface area contributed by atoms with Crippen LogP contribution in [0.5, 0.6) is 0 Å². The number of amides is 1. The summed E-state index contributed by atoms with van der Waals surface area (Å²) in [4.78, 5) is 26.0. The quantitative estimate of drug-likeness (QED) is 0.936. The van der Waals surface area contributed by atoms with Gasteiger partial charge in [-0.25, -0.2) is 0 Å². The summed E-state index contributed by atoms with van der Waals surface area (Å²) in [5, 5.41) is 15.0. The number of hydrogen-bond acceptors (Lipinski definition) is 3. The second-order valence-electron chi connectivity index (χ2n) is 6.71. The predicted octanol–water partition coefficient (Wildman–Crippen LogP) is 1.75. The van der Waals surface area contributed by atoms with E-state index >= 15 is 0 Å². The van der Waals surface area contributed by atoms with Gasteiger partial charge in [0.1, 0.15) is 6.54 Å². The maximum Gasteiger partial charge on any atom is 0.311 e. The first kappa shape index (κ1) is 14.2. The molecule has 1 aliphatic heterocycles. The fourth-order valence-electron chi connectivity index (χ4n) is 4.16. The minimum absolute atomic E-state index is 0.0483. The monoisotopic (exact) mass is 313 g/mol. The van der Waals surface area contributed by atoms with Crippen LogP contribution in [0.4, 0.5) is 0 Å². The molecule has 1 aromatic heterocycles. The number of hydrogen-bond donors (Lipinski definition) is 1. The zero-order valence-corrected chi connectivity index (χ0v) is 12.8. The molecular weight excluding hydrogens is 294 g/mol. The van der Waals surface area contributed by atoms with E-state index in [2.05, 4.69) is 5.10 Å². The number of carboxylic acids is 1. The lowest BCUT2D eigenvalue weighted by Crippen LogP contribution is -2.38. The molecule has 2 atom stereocenters. The Morgan fingerprint density at radius 2 is 2.17 bits per heavy atom. The van der Waals surface area contributed by atoms with E-state index in [0.29, 0.717) is 19.5 Å². The van der Waals surface area contributed by atoms with Crippen LogP contribution in [-0.2, 0) is 16.1 Å². The second-order valence-corrected chi connectivity index (χ2v) is 6.71. The number of aromatic nitrogens is 2. The first-order chi connectivity index (χ1) is 11.1. The van der Waals surface area contributed by atoms with Crippen LogP contribution in [0.2, 0.25) is 0 Å². The minimum atomic E-state index is -0.750. The molecule has 1 aromatic carbocycles. The molecule has 2 aliphatic rings. The van der Waals surface area contributed by atoms with E-state index in [0.717, 1.165) is 23.7 Å². The van der Waals surface area contributed by atoms with E-state index < -0.39 is 11.4 Å². The Kier molecular flexibility index (Phi) is 3.14. The Bertz CT molecular complexity index is 751. The summed E-state index contributed by atoms with van der Waals surface area (Å²) >= 11 is 0. The number of fused-ring (bicyclic) bond motifs is 2. The number of benzene rings is 1. The highest BCUT2D eigenvalue weighted by Crippen LogP contribution is 2.48. The van der Waals surface area contributed by atoms with Crippen LogP contribution in [-0.4, -0.2) is 44.8 Å². The molecule has 23 heavy (non-hydrogen) atoms. The van der Waals surface area contributed by atoms with Crippen LogP contribution < -0.4 is 0 Å². The lowest BCUT2D eigenvalue weighted by molar-refractivity contribution is -0.149. The Labute approximate surface area is 133 Å². The minimum Gasteiger partial charge on any atom is -0.481 e. The van der Waals surface area contributed by atoms with E-state index in [1.807, 2.05) is 30.5 Å². The van der Waals surface area contributed by atoms with Gasteiger partial charge in [-0.2, -0.15) is 5.10 Å².